The van der Waals surface area contributed by atoms with Crippen LogP contribution in [0.3, 0.4) is 0 Å². The third kappa shape index (κ3) is 2.36. The molecule has 0 unspecified atom stereocenters. The number of carbonyl (C=O) groups excluding carboxylic acids is 1. The minimum absolute atomic E-state index is 0.0951. The van der Waals surface area contributed by atoms with E-state index in [4.69, 9.17) is 28.9 Å². The Morgan fingerprint density at radius 2 is 2.15 bits per heavy atom. The number of benzene rings is 1. The summed E-state index contributed by atoms with van der Waals surface area (Å²) >= 11 is 14.4. The van der Waals surface area contributed by atoms with Crippen molar-refractivity contribution in [3.63, 3.8) is 0 Å². The molecular weight excluding hydrogens is 277 g/mol. The molecule has 5 heteroatoms. The Balaban J connectivity index is 3.23. The summed E-state index contributed by atoms with van der Waals surface area (Å²) in [7, 11) is 0. The predicted octanol–water partition coefficient (Wildman–Crippen LogP) is 3.11. The fraction of sp³-hybridized carbons (Fsp3) is 0.125. The topological polar surface area (TPSA) is 43.1 Å². The van der Waals surface area contributed by atoms with Crippen LogP contribution in [0, 0.1) is 0 Å². The highest BCUT2D eigenvalue weighted by molar-refractivity contribution is 9.10. The summed E-state index contributed by atoms with van der Waals surface area (Å²) in [4.78, 5) is 11.2. The van der Waals surface area contributed by atoms with Gasteiger partial charge in [-0.2, -0.15) is 0 Å². The SMILES string of the molecule is Nc1cc(Br)c(Cl)cc1C(=O)CCl. The van der Waals surface area contributed by atoms with Crippen molar-refractivity contribution in [2.24, 2.45) is 0 Å². The third-order valence-electron chi connectivity index (χ3n) is 1.51. The maximum Gasteiger partial charge on any atom is 0.179 e. The van der Waals surface area contributed by atoms with Gasteiger partial charge in [-0.3, -0.25) is 4.79 Å². The van der Waals surface area contributed by atoms with Crippen LogP contribution in [0.2, 0.25) is 5.02 Å². The molecule has 0 aromatic heterocycles. The zero-order valence-electron chi connectivity index (χ0n) is 6.48. The second kappa shape index (κ2) is 4.31. The molecule has 13 heavy (non-hydrogen) atoms. The summed E-state index contributed by atoms with van der Waals surface area (Å²) < 4.78 is 0.665. The van der Waals surface area contributed by atoms with Gasteiger partial charge in [0.2, 0.25) is 0 Å². The average molecular weight is 283 g/mol. The first-order valence-corrected chi connectivity index (χ1v) is 5.10. The standard InChI is InChI=1S/C8H6BrCl2NO/c9-5-2-7(12)4(1-6(5)11)8(13)3-10/h1-2H,3,12H2. The van der Waals surface area contributed by atoms with E-state index in [0.29, 0.717) is 20.7 Å². The number of halogens is 3. The third-order valence-corrected chi connectivity index (χ3v) is 2.95. The van der Waals surface area contributed by atoms with Crippen LogP contribution in [0.5, 0.6) is 0 Å². The number of carbonyl (C=O) groups is 1. The van der Waals surface area contributed by atoms with Crippen molar-refractivity contribution < 1.29 is 4.79 Å². The molecule has 0 spiro atoms. The van der Waals surface area contributed by atoms with Crippen LogP contribution in [0.15, 0.2) is 16.6 Å². The van der Waals surface area contributed by atoms with Crippen LogP contribution in [0.4, 0.5) is 5.69 Å². The van der Waals surface area contributed by atoms with E-state index >= 15 is 0 Å². The van der Waals surface area contributed by atoms with E-state index in [-0.39, 0.29) is 11.7 Å². The summed E-state index contributed by atoms with van der Waals surface area (Å²) in [5.74, 6) is -0.323. The van der Waals surface area contributed by atoms with Gasteiger partial charge in [-0.15, -0.1) is 11.6 Å². The van der Waals surface area contributed by atoms with Crippen molar-refractivity contribution in [3.05, 3.63) is 27.2 Å². The molecule has 0 amide bonds. The summed E-state index contributed by atoms with van der Waals surface area (Å²) in [6, 6.07) is 3.09. The number of hydrogen-bond donors (Lipinski definition) is 1. The van der Waals surface area contributed by atoms with Gasteiger partial charge in [0.25, 0.3) is 0 Å². The van der Waals surface area contributed by atoms with Crippen LogP contribution in [-0.2, 0) is 0 Å². The number of ketones is 1. The number of nitrogens with two attached hydrogens (primary N) is 1. The molecule has 70 valence electrons. The van der Waals surface area contributed by atoms with Crippen LogP contribution in [-0.4, -0.2) is 11.7 Å². The molecule has 0 aliphatic heterocycles. The van der Waals surface area contributed by atoms with Crippen LogP contribution in [0.1, 0.15) is 10.4 Å². The summed E-state index contributed by atoms with van der Waals surface area (Å²) in [5.41, 5.74) is 6.34. The highest BCUT2D eigenvalue weighted by Gasteiger charge is 2.10. The first-order valence-electron chi connectivity index (χ1n) is 3.40. The molecule has 1 aromatic carbocycles. The Kier molecular flexibility index (Phi) is 3.59. The Bertz CT molecular complexity index is 354. The maximum absolute atomic E-state index is 11.2. The van der Waals surface area contributed by atoms with E-state index in [0.717, 1.165) is 0 Å². The molecule has 0 heterocycles. The second-order valence-corrected chi connectivity index (χ2v) is 3.94. The van der Waals surface area contributed by atoms with E-state index in [2.05, 4.69) is 15.9 Å². The molecule has 0 saturated heterocycles. The van der Waals surface area contributed by atoms with Gasteiger partial charge in [0.15, 0.2) is 5.78 Å². The van der Waals surface area contributed by atoms with Gasteiger partial charge in [-0.1, -0.05) is 11.6 Å². The molecule has 0 saturated carbocycles. The normalized spacial score (nSPS) is 10.1. The minimum Gasteiger partial charge on any atom is -0.398 e. The highest BCUT2D eigenvalue weighted by atomic mass is 79.9. The molecular formula is C8H6BrCl2NO. The minimum atomic E-state index is -0.228. The lowest BCUT2D eigenvalue weighted by Gasteiger charge is -2.04. The zero-order valence-corrected chi connectivity index (χ0v) is 9.58. The van der Waals surface area contributed by atoms with E-state index in [9.17, 15) is 4.79 Å². The molecule has 2 N–H and O–H groups in total. The van der Waals surface area contributed by atoms with Crippen LogP contribution in [0.25, 0.3) is 0 Å². The first kappa shape index (κ1) is 10.8. The number of alkyl halides is 1. The largest absolute Gasteiger partial charge is 0.398 e. The van der Waals surface area contributed by atoms with Gasteiger partial charge in [-0.05, 0) is 28.1 Å². The second-order valence-electron chi connectivity index (χ2n) is 2.41. The lowest BCUT2D eigenvalue weighted by Crippen LogP contribution is -2.04. The number of rotatable bonds is 2. The number of hydrogen-bond acceptors (Lipinski definition) is 2. The Morgan fingerprint density at radius 1 is 1.54 bits per heavy atom. The van der Waals surface area contributed by atoms with Crippen molar-refractivity contribution in [1.29, 1.82) is 0 Å². The van der Waals surface area contributed by atoms with Crippen molar-refractivity contribution in [2.45, 2.75) is 0 Å². The number of anilines is 1. The first-order chi connectivity index (χ1) is 6.06. The summed E-state index contributed by atoms with van der Waals surface area (Å²) in [6.45, 7) is 0. The molecule has 0 aliphatic rings. The van der Waals surface area contributed by atoms with Gasteiger partial charge >= 0.3 is 0 Å². The van der Waals surface area contributed by atoms with Crippen molar-refractivity contribution in [2.75, 3.05) is 11.6 Å². The van der Waals surface area contributed by atoms with Crippen molar-refractivity contribution in [3.8, 4) is 0 Å². The highest BCUT2D eigenvalue weighted by Crippen LogP contribution is 2.28. The molecule has 1 rings (SSSR count). The summed E-state index contributed by atoms with van der Waals surface area (Å²) in [6.07, 6.45) is 0. The van der Waals surface area contributed by atoms with Crippen LogP contribution >= 0.6 is 39.1 Å². The van der Waals surface area contributed by atoms with Gasteiger partial charge in [0.1, 0.15) is 0 Å². The molecule has 0 atom stereocenters. The van der Waals surface area contributed by atoms with E-state index in [1.807, 2.05) is 0 Å². The number of nitrogen functional groups attached to an aromatic ring is 1. The maximum atomic E-state index is 11.2. The van der Waals surface area contributed by atoms with Crippen LogP contribution < -0.4 is 5.73 Å². The zero-order chi connectivity index (χ0) is 10.0. The van der Waals surface area contributed by atoms with Crippen molar-refractivity contribution in [1.82, 2.24) is 0 Å². The fourth-order valence-electron chi connectivity index (χ4n) is 0.876. The van der Waals surface area contributed by atoms with Crippen molar-refractivity contribution >= 4 is 50.6 Å². The Hall–Kier alpha value is -0.250. The van der Waals surface area contributed by atoms with Gasteiger partial charge in [0.05, 0.1) is 10.9 Å². The Morgan fingerprint density at radius 3 is 2.69 bits per heavy atom. The smallest absolute Gasteiger partial charge is 0.179 e. The predicted molar refractivity (Wildman–Crippen MR) is 58.6 cm³/mol. The van der Waals surface area contributed by atoms with Gasteiger partial charge < -0.3 is 5.73 Å². The molecule has 0 bridgehead atoms. The molecule has 0 aliphatic carbocycles. The van der Waals surface area contributed by atoms with E-state index in [1.54, 1.807) is 6.07 Å². The van der Waals surface area contributed by atoms with Gasteiger partial charge in [-0.25, -0.2) is 0 Å². The lowest BCUT2D eigenvalue weighted by atomic mass is 10.1. The average Bonchev–Trinajstić information content (AvgIpc) is 2.10. The van der Waals surface area contributed by atoms with E-state index in [1.165, 1.54) is 6.07 Å². The number of Topliss-reactive ketones (excluding diaryl/α,β-unsaturated/α-hetero) is 1. The van der Waals surface area contributed by atoms with Gasteiger partial charge in [0, 0.05) is 15.7 Å². The molecule has 2 nitrogen and oxygen atoms in total. The monoisotopic (exact) mass is 281 g/mol. The summed E-state index contributed by atoms with van der Waals surface area (Å²) in [5, 5.41) is 0.447. The Labute approximate surface area is 94.1 Å². The molecule has 1 aromatic rings. The fourth-order valence-corrected chi connectivity index (χ4v) is 1.54. The lowest BCUT2D eigenvalue weighted by molar-refractivity contribution is 0.102. The molecule has 0 radical (unpaired) electrons. The molecule has 0 fully saturated rings. The van der Waals surface area contributed by atoms with E-state index < -0.39 is 0 Å². The quantitative estimate of drug-likeness (QED) is 0.515.